The van der Waals surface area contributed by atoms with Gasteiger partial charge in [-0.25, -0.2) is 0 Å². The number of rotatable bonds is 4. The number of carboxylic acid groups (broad SMARTS) is 1. The van der Waals surface area contributed by atoms with Gasteiger partial charge in [0.05, 0.1) is 5.92 Å². The molecule has 0 saturated carbocycles. The van der Waals surface area contributed by atoms with E-state index in [1.54, 1.807) is 0 Å². The van der Waals surface area contributed by atoms with Crippen molar-refractivity contribution >= 4 is 11.9 Å². The van der Waals surface area contributed by atoms with Crippen LogP contribution in [-0.4, -0.2) is 34.5 Å². The molecule has 0 aliphatic carbocycles. The van der Waals surface area contributed by atoms with E-state index in [2.05, 4.69) is 24.3 Å². The van der Waals surface area contributed by atoms with Crippen molar-refractivity contribution in [1.82, 2.24) is 4.90 Å². The highest BCUT2D eigenvalue weighted by molar-refractivity contribution is 5.77. The second-order valence-electron chi connectivity index (χ2n) is 5.98. The molecule has 21 heavy (non-hydrogen) atoms. The highest BCUT2D eigenvalue weighted by atomic mass is 16.4. The summed E-state index contributed by atoms with van der Waals surface area (Å²) in [6.07, 6.45) is 2.36. The van der Waals surface area contributed by atoms with E-state index in [1.165, 1.54) is 11.1 Å². The number of nitrogens with zero attached hydrogens (tertiary/aromatic N) is 1. The van der Waals surface area contributed by atoms with Gasteiger partial charge < -0.3 is 10.0 Å². The van der Waals surface area contributed by atoms with E-state index in [0.29, 0.717) is 25.8 Å². The molecule has 2 rings (SSSR count). The SMILES string of the molecule is Cc1ccc(CCC(=O)N2CCC(C(=O)O)CC2C)cc1. The van der Waals surface area contributed by atoms with Crippen LogP contribution in [0.5, 0.6) is 0 Å². The summed E-state index contributed by atoms with van der Waals surface area (Å²) >= 11 is 0. The Morgan fingerprint density at radius 1 is 1.29 bits per heavy atom. The quantitative estimate of drug-likeness (QED) is 0.927. The Kier molecular flexibility index (Phi) is 4.99. The molecule has 0 spiro atoms. The van der Waals surface area contributed by atoms with E-state index < -0.39 is 5.97 Å². The van der Waals surface area contributed by atoms with Crippen LogP contribution in [0.3, 0.4) is 0 Å². The fraction of sp³-hybridized carbons (Fsp3) is 0.529. The molecule has 1 amide bonds. The number of carboxylic acids is 1. The van der Waals surface area contributed by atoms with E-state index in [9.17, 15) is 9.59 Å². The standard InChI is InChI=1S/C17H23NO3/c1-12-3-5-14(6-4-12)7-8-16(19)18-10-9-15(17(20)21)11-13(18)2/h3-6,13,15H,7-11H2,1-2H3,(H,20,21). The molecule has 2 atom stereocenters. The summed E-state index contributed by atoms with van der Waals surface area (Å²) in [6.45, 7) is 4.55. The number of carbonyl (C=O) groups excluding carboxylic acids is 1. The second kappa shape index (κ2) is 6.74. The Morgan fingerprint density at radius 3 is 2.52 bits per heavy atom. The zero-order valence-electron chi connectivity index (χ0n) is 12.7. The number of piperidine rings is 1. The van der Waals surface area contributed by atoms with Gasteiger partial charge in [-0.1, -0.05) is 29.8 Å². The summed E-state index contributed by atoms with van der Waals surface area (Å²) in [4.78, 5) is 25.2. The maximum absolute atomic E-state index is 12.3. The number of hydrogen-bond donors (Lipinski definition) is 1. The van der Waals surface area contributed by atoms with E-state index in [1.807, 2.05) is 18.7 Å². The fourth-order valence-corrected chi connectivity index (χ4v) is 2.92. The van der Waals surface area contributed by atoms with Crippen LogP contribution in [0, 0.1) is 12.8 Å². The van der Waals surface area contributed by atoms with Gasteiger partial charge in [-0.05, 0) is 38.7 Å². The average Bonchev–Trinajstić information content (AvgIpc) is 2.46. The van der Waals surface area contributed by atoms with E-state index in [0.717, 1.165) is 6.42 Å². The first-order valence-electron chi connectivity index (χ1n) is 7.55. The van der Waals surface area contributed by atoms with E-state index in [-0.39, 0.29) is 17.9 Å². The van der Waals surface area contributed by atoms with Crippen LogP contribution >= 0.6 is 0 Å². The molecule has 1 aliphatic rings. The molecule has 1 aliphatic heterocycles. The van der Waals surface area contributed by atoms with Crippen LogP contribution in [0.1, 0.15) is 37.3 Å². The monoisotopic (exact) mass is 289 g/mol. The number of benzene rings is 1. The van der Waals surface area contributed by atoms with Crippen LogP contribution in [0.4, 0.5) is 0 Å². The second-order valence-corrected chi connectivity index (χ2v) is 5.98. The summed E-state index contributed by atoms with van der Waals surface area (Å²) in [5, 5.41) is 9.05. The molecule has 4 nitrogen and oxygen atoms in total. The summed E-state index contributed by atoms with van der Waals surface area (Å²) in [7, 11) is 0. The van der Waals surface area contributed by atoms with Crippen LogP contribution in [0.2, 0.25) is 0 Å². The van der Waals surface area contributed by atoms with Gasteiger partial charge in [0.2, 0.25) is 5.91 Å². The molecule has 1 N–H and O–H groups in total. The zero-order valence-corrected chi connectivity index (χ0v) is 12.7. The highest BCUT2D eigenvalue weighted by Crippen LogP contribution is 2.23. The third-order valence-electron chi connectivity index (χ3n) is 4.29. The van der Waals surface area contributed by atoms with Crippen LogP contribution < -0.4 is 0 Å². The Morgan fingerprint density at radius 2 is 1.95 bits per heavy atom. The first kappa shape index (κ1) is 15.5. The Bertz CT molecular complexity index is 509. The summed E-state index contributed by atoms with van der Waals surface area (Å²) < 4.78 is 0. The maximum atomic E-state index is 12.3. The van der Waals surface area contributed by atoms with Crippen molar-refractivity contribution in [1.29, 1.82) is 0 Å². The predicted molar refractivity (Wildman–Crippen MR) is 81.0 cm³/mol. The molecule has 1 aromatic carbocycles. The number of likely N-dealkylation sites (tertiary alicyclic amines) is 1. The number of hydrogen-bond acceptors (Lipinski definition) is 2. The van der Waals surface area contributed by atoms with Gasteiger partial charge in [-0.15, -0.1) is 0 Å². The lowest BCUT2D eigenvalue weighted by Crippen LogP contribution is -2.46. The molecule has 1 fully saturated rings. The Balaban J connectivity index is 1.86. The molecule has 1 saturated heterocycles. The molecule has 2 unspecified atom stereocenters. The van der Waals surface area contributed by atoms with Crippen molar-refractivity contribution in [2.24, 2.45) is 5.92 Å². The van der Waals surface area contributed by atoms with Gasteiger partial charge in [0, 0.05) is 19.0 Å². The predicted octanol–water partition coefficient (Wildman–Crippen LogP) is 2.64. The number of aliphatic carboxylic acids is 1. The number of aryl methyl sites for hydroxylation is 2. The van der Waals surface area contributed by atoms with Gasteiger partial charge in [-0.3, -0.25) is 9.59 Å². The molecule has 1 aromatic rings. The van der Waals surface area contributed by atoms with Crippen LogP contribution in [0.15, 0.2) is 24.3 Å². The van der Waals surface area contributed by atoms with Crippen molar-refractivity contribution < 1.29 is 14.7 Å². The lowest BCUT2D eigenvalue weighted by molar-refractivity contribution is -0.147. The van der Waals surface area contributed by atoms with Gasteiger partial charge in [0.15, 0.2) is 0 Å². The third-order valence-corrected chi connectivity index (χ3v) is 4.29. The smallest absolute Gasteiger partial charge is 0.306 e. The van der Waals surface area contributed by atoms with Crippen LogP contribution in [-0.2, 0) is 16.0 Å². The third kappa shape index (κ3) is 4.06. The van der Waals surface area contributed by atoms with Crippen molar-refractivity contribution in [2.45, 2.75) is 45.6 Å². The van der Waals surface area contributed by atoms with Crippen molar-refractivity contribution in [3.05, 3.63) is 35.4 Å². The summed E-state index contributed by atoms with van der Waals surface area (Å²) in [5.74, 6) is -0.915. The molecule has 1 heterocycles. The largest absolute Gasteiger partial charge is 0.481 e. The number of amides is 1. The first-order chi connectivity index (χ1) is 9.97. The van der Waals surface area contributed by atoms with Gasteiger partial charge in [0.25, 0.3) is 0 Å². The minimum Gasteiger partial charge on any atom is -0.481 e. The molecule has 114 valence electrons. The van der Waals surface area contributed by atoms with Gasteiger partial charge in [-0.2, -0.15) is 0 Å². The molecular weight excluding hydrogens is 266 g/mol. The Labute approximate surface area is 125 Å². The summed E-state index contributed by atoms with van der Waals surface area (Å²) in [6, 6.07) is 8.25. The molecular formula is C17H23NO3. The molecule has 0 aromatic heterocycles. The first-order valence-corrected chi connectivity index (χ1v) is 7.55. The number of carbonyl (C=O) groups is 2. The maximum Gasteiger partial charge on any atom is 0.306 e. The minimum atomic E-state index is -0.742. The van der Waals surface area contributed by atoms with Crippen molar-refractivity contribution in [2.75, 3.05) is 6.54 Å². The van der Waals surface area contributed by atoms with Crippen molar-refractivity contribution in [3.63, 3.8) is 0 Å². The molecule has 0 radical (unpaired) electrons. The topological polar surface area (TPSA) is 57.6 Å². The molecule has 4 heteroatoms. The van der Waals surface area contributed by atoms with Gasteiger partial charge in [0.1, 0.15) is 0 Å². The fourth-order valence-electron chi connectivity index (χ4n) is 2.92. The average molecular weight is 289 g/mol. The van der Waals surface area contributed by atoms with Crippen LogP contribution in [0.25, 0.3) is 0 Å². The normalized spacial score (nSPS) is 22.1. The minimum absolute atomic E-state index is 0.0189. The highest BCUT2D eigenvalue weighted by Gasteiger charge is 2.31. The van der Waals surface area contributed by atoms with Gasteiger partial charge >= 0.3 is 5.97 Å². The molecule has 0 bridgehead atoms. The van der Waals surface area contributed by atoms with E-state index >= 15 is 0 Å². The van der Waals surface area contributed by atoms with Crippen molar-refractivity contribution in [3.8, 4) is 0 Å². The summed E-state index contributed by atoms with van der Waals surface area (Å²) in [5.41, 5.74) is 2.39. The zero-order chi connectivity index (χ0) is 15.4. The lowest BCUT2D eigenvalue weighted by atomic mass is 9.91. The Hall–Kier alpha value is -1.84. The lowest BCUT2D eigenvalue weighted by Gasteiger charge is -2.36. The van der Waals surface area contributed by atoms with E-state index in [4.69, 9.17) is 5.11 Å².